The van der Waals surface area contributed by atoms with Gasteiger partial charge in [0, 0.05) is 35.6 Å². The first kappa shape index (κ1) is 16.1. The third-order valence-corrected chi connectivity index (χ3v) is 3.50. The summed E-state index contributed by atoms with van der Waals surface area (Å²) in [5.41, 5.74) is 6.47. The van der Waals surface area contributed by atoms with E-state index in [0.717, 1.165) is 5.56 Å². The van der Waals surface area contributed by atoms with Gasteiger partial charge in [0.15, 0.2) is 0 Å². The minimum absolute atomic E-state index is 0.225. The lowest BCUT2D eigenvalue weighted by molar-refractivity contribution is 0.218. The normalized spacial score (nSPS) is 12.4. The predicted octanol–water partition coefficient (Wildman–Crippen LogP) is 3.34. The van der Waals surface area contributed by atoms with E-state index in [-0.39, 0.29) is 5.84 Å². The maximum absolute atomic E-state index is 8.56. The molecule has 0 spiro atoms. The van der Waals surface area contributed by atoms with Gasteiger partial charge in [-0.2, -0.15) is 0 Å². The molecule has 0 saturated carbocycles. The van der Waals surface area contributed by atoms with Crippen LogP contribution in [-0.2, 0) is 6.54 Å². The van der Waals surface area contributed by atoms with E-state index in [1.54, 1.807) is 12.1 Å². The Morgan fingerprint density at radius 3 is 2.68 bits per heavy atom. The molecule has 4 nitrogen and oxygen atoms in total. The van der Waals surface area contributed by atoms with Crippen molar-refractivity contribution in [3.63, 3.8) is 0 Å². The molecular formula is C13H19Cl2N3O. The number of hydrogen-bond acceptors (Lipinski definition) is 3. The number of nitrogens with zero attached hydrogens (tertiary/aromatic N) is 2. The summed E-state index contributed by atoms with van der Waals surface area (Å²) in [4.78, 5) is 2.19. The van der Waals surface area contributed by atoms with Gasteiger partial charge in [-0.15, -0.1) is 0 Å². The molecule has 6 heteroatoms. The highest BCUT2D eigenvalue weighted by Gasteiger charge is 2.13. The molecule has 0 aliphatic rings. The van der Waals surface area contributed by atoms with E-state index < -0.39 is 0 Å². The summed E-state index contributed by atoms with van der Waals surface area (Å²) in [6.07, 6.45) is 0.507. The lowest BCUT2D eigenvalue weighted by atomic mass is 10.1. The number of benzene rings is 1. The van der Waals surface area contributed by atoms with Gasteiger partial charge in [-0.25, -0.2) is 0 Å². The van der Waals surface area contributed by atoms with Crippen LogP contribution in [0.1, 0.15) is 25.8 Å². The second-order valence-corrected chi connectivity index (χ2v) is 5.48. The van der Waals surface area contributed by atoms with Crippen molar-refractivity contribution in [2.45, 2.75) is 32.9 Å². The highest BCUT2D eigenvalue weighted by molar-refractivity contribution is 6.33. The van der Waals surface area contributed by atoms with Gasteiger partial charge in [0.1, 0.15) is 5.84 Å². The molecule has 0 heterocycles. The molecule has 0 amide bonds. The predicted molar refractivity (Wildman–Crippen MR) is 80.0 cm³/mol. The minimum Gasteiger partial charge on any atom is -0.409 e. The van der Waals surface area contributed by atoms with Gasteiger partial charge >= 0.3 is 0 Å². The van der Waals surface area contributed by atoms with E-state index in [9.17, 15) is 0 Å². The summed E-state index contributed by atoms with van der Waals surface area (Å²) in [5, 5.41) is 12.9. The van der Waals surface area contributed by atoms with E-state index in [4.69, 9.17) is 34.1 Å². The SMILES string of the molecule is CC(C)N(CCC(N)=NO)Cc1cc(Cl)ccc1Cl. The van der Waals surface area contributed by atoms with Crippen LogP contribution >= 0.6 is 23.2 Å². The molecular weight excluding hydrogens is 285 g/mol. The lowest BCUT2D eigenvalue weighted by Crippen LogP contribution is -2.33. The van der Waals surface area contributed by atoms with Crippen LogP contribution in [0.25, 0.3) is 0 Å². The second-order valence-electron chi connectivity index (χ2n) is 4.64. The van der Waals surface area contributed by atoms with Gasteiger partial charge in [-0.05, 0) is 37.6 Å². The molecule has 1 rings (SSSR count). The molecule has 3 N–H and O–H groups in total. The Hall–Kier alpha value is -0.970. The van der Waals surface area contributed by atoms with Crippen molar-refractivity contribution in [2.75, 3.05) is 6.54 Å². The van der Waals surface area contributed by atoms with Crippen LogP contribution in [-0.4, -0.2) is 28.5 Å². The standard InChI is InChI=1S/C13H19Cl2N3O/c1-9(2)18(6-5-13(16)17-19)8-10-7-11(14)3-4-12(10)15/h3-4,7,9,19H,5-6,8H2,1-2H3,(H2,16,17). The Morgan fingerprint density at radius 1 is 1.42 bits per heavy atom. The van der Waals surface area contributed by atoms with E-state index >= 15 is 0 Å². The molecule has 106 valence electrons. The molecule has 0 atom stereocenters. The fourth-order valence-corrected chi connectivity index (χ4v) is 2.08. The largest absolute Gasteiger partial charge is 0.409 e. The Kier molecular flexibility index (Phi) is 6.42. The number of oxime groups is 1. The zero-order valence-electron chi connectivity index (χ0n) is 11.1. The summed E-state index contributed by atoms with van der Waals surface area (Å²) < 4.78 is 0. The fraction of sp³-hybridized carbons (Fsp3) is 0.462. The van der Waals surface area contributed by atoms with Gasteiger partial charge in [0.25, 0.3) is 0 Å². The van der Waals surface area contributed by atoms with Crippen LogP contribution in [0.4, 0.5) is 0 Å². The van der Waals surface area contributed by atoms with Crippen LogP contribution in [0.5, 0.6) is 0 Å². The van der Waals surface area contributed by atoms with Crippen LogP contribution < -0.4 is 5.73 Å². The lowest BCUT2D eigenvalue weighted by Gasteiger charge is -2.26. The summed E-state index contributed by atoms with van der Waals surface area (Å²) in [5.74, 6) is 0.225. The number of halogens is 2. The van der Waals surface area contributed by atoms with Crippen LogP contribution in [0.15, 0.2) is 23.4 Å². The molecule has 0 aliphatic carbocycles. The molecule has 19 heavy (non-hydrogen) atoms. The Balaban J connectivity index is 2.75. The topological polar surface area (TPSA) is 61.8 Å². The highest BCUT2D eigenvalue weighted by atomic mass is 35.5. The molecule has 0 aliphatic heterocycles. The minimum atomic E-state index is 0.225. The van der Waals surface area contributed by atoms with Crippen LogP contribution in [0.2, 0.25) is 10.0 Å². The summed E-state index contributed by atoms with van der Waals surface area (Å²) in [6.45, 7) is 5.54. The van der Waals surface area contributed by atoms with Crippen LogP contribution in [0, 0.1) is 0 Å². The van der Waals surface area contributed by atoms with Crippen molar-refractivity contribution in [2.24, 2.45) is 10.9 Å². The molecule has 0 aromatic heterocycles. The Labute approximate surface area is 123 Å². The Morgan fingerprint density at radius 2 is 2.11 bits per heavy atom. The zero-order valence-corrected chi connectivity index (χ0v) is 12.6. The van der Waals surface area contributed by atoms with Crippen molar-refractivity contribution in [3.8, 4) is 0 Å². The molecule has 1 aromatic rings. The van der Waals surface area contributed by atoms with E-state index in [1.807, 2.05) is 6.07 Å². The first-order valence-electron chi connectivity index (χ1n) is 6.08. The number of amidine groups is 1. The van der Waals surface area contributed by atoms with E-state index in [0.29, 0.717) is 35.6 Å². The van der Waals surface area contributed by atoms with Crippen molar-refractivity contribution in [1.29, 1.82) is 0 Å². The average molecular weight is 304 g/mol. The zero-order chi connectivity index (χ0) is 14.4. The van der Waals surface area contributed by atoms with Crippen molar-refractivity contribution < 1.29 is 5.21 Å². The molecule has 1 aromatic carbocycles. The smallest absolute Gasteiger partial charge is 0.140 e. The van der Waals surface area contributed by atoms with Gasteiger partial charge in [0.05, 0.1) is 0 Å². The second kappa shape index (κ2) is 7.58. The number of rotatable bonds is 6. The first-order chi connectivity index (χ1) is 8.93. The first-order valence-corrected chi connectivity index (χ1v) is 6.84. The van der Waals surface area contributed by atoms with E-state index in [2.05, 4.69) is 23.9 Å². The molecule has 0 saturated heterocycles. The Bertz CT molecular complexity index is 450. The van der Waals surface area contributed by atoms with Gasteiger partial charge in [0.2, 0.25) is 0 Å². The number of hydrogen-bond donors (Lipinski definition) is 2. The molecule has 0 radical (unpaired) electrons. The maximum atomic E-state index is 8.56. The van der Waals surface area contributed by atoms with E-state index in [1.165, 1.54) is 0 Å². The molecule has 0 fully saturated rings. The van der Waals surface area contributed by atoms with Crippen LogP contribution in [0.3, 0.4) is 0 Å². The molecule has 0 bridgehead atoms. The van der Waals surface area contributed by atoms with Gasteiger partial charge in [-0.3, -0.25) is 4.90 Å². The highest BCUT2D eigenvalue weighted by Crippen LogP contribution is 2.22. The molecule has 0 unspecified atom stereocenters. The monoisotopic (exact) mass is 303 g/mol. The summed E-state index contributed by atoms with van der Waals surface area (Å²) in [6, 6.07) is 5.75. The third kappa shape index (κ3) is 5.27. The summed E-state index contributed by atoms with van der Waals surface area (Å²) in [7, 11) is 0. The quantitative estimate of drug-likeness (QED) is 0.367. The fourth-order valence-electron chi connectivity index (χ4n) is 1.71. The van der Waals surface area contributed by atoms with Crippen molar-refractivity contribution in [1.82, 2.24) is 4.90 Å². The van der Waals surface area contributed by atoms with Crippen molar-refractivity contribution >= 4 is 29.0 Å². The van der Waals surface area contributed by atoms with Gasteiger partial charge < -0.3 is 10.9 Å². The summed E-state index contributed by atoms with van der Waals surface area (Å²) >= 11 is 12.1. The maximum Gasteiger partial charge on any atom is 0.140 e. The van der Waals surface area contributed by atoms with Gasteiger partial charge in [-0.1, -0.05) is 28.4 Å². The average Bonchev–Trinajstić information content (AvgIpc) is 2.37. The third-order valence-electron chi connectivity index (χ3n) is 2.90. The number of nitrogens with two attached hydrogens (primary N) is 1. The van der Waals surface area contributed by atoms with Crippen molar-refractivity contribution in [3.05, 3.63) is 33.8 Å².